The van der Waals surface area contributed by atoms with Crippen molar-refractivity contribution in [1.82, 2.24) is 9.97 Å². The number of rotatable bonds is 5. The summed E-state index contributed by atoms with van der Waals surface area (Å²) >= 11 is 0. The molecule has 2 N–H and O–H groups in total. The van der Waals surface area contributed by atoms with Gasteiger partial charge in [0.2, 0.25) is 0 Å². The Balaban J connectivity index is 2.67. The van der Waals surface area contributed by atoms with Gasteiger partial charge in [-0.1, -0.05) is 0 Å². The van der Waals surface area contributed by atoms with Crippen LogP contribution in [0, 0.1) is 0 Å². The molecule has 8 heteroatoms. The van der Waals surface area contributed by atoms with Crippen molar-refractivity contribution in [1.29, 1.82) is 0 Å². The Morgan fingerprint density at radius 1 is 1.53 bits per heavy atom. The number of ether oxygens (including phenoxy) is 1. The third-order valence-electron chi connectivity index (χ3n) is 1.92. The molecule has 1 rings (SSSR count). The highest BCUT2D eigenvalue weighted by atomic mass is 32.2. The summed E-state index contributed by atoms with van der Waals surface area (Å²) in [7, 11) is -2.37. The summed E-state index contributed by atoms with van der Waals surface area (Å²) in [5.74, 6) is -1.53. The molecule has 7 nitrogen and oxygen atoms in total. The van der Waals surface area contributed by atoms with Crippen LogP contribution in [0.1, 0.15) is 5.69 Å². The van der Waals surface area contributed by atoms with Gasteiger partial charge in [-0.2, -0.15) is 0 Å². The molecule has 0 saturated carbocycles. The Morgan fingerprint density at radius 2 is 2.24 bits per heavy atom. The van der Waals surface area contributed by atoms with Crippen LogP contribution in [0.5, 0.6) is 0 Å². The molecule has 0 amide bonds. The molecule has 1 atom stereocenters. The van der Waals surface area contributed by atoms with Crippen LogP contribution in [0.4, 0.5) is 0 Å². The Labute approximate surface area is 98.9 Å². The van der Waals surface area contributed by atoms with Gasteiger partial charge >= 0.3 is 5.97 Å². The van der Waals surface area contributed by atoms with Crippen LogP contribution in [0.25, 0.3) is 0 Å². The number of nitrogens with two attached hydrogens (primary N) is 1. The monoisotopic (exact) mass is 259 g/mol. The smallest absolute Gasteiger partial charge is 0.323 e. The van der Waals surface area contributed by atoms with E-state index in [9.17, 15) is 13.2 Å². The number of hydrogen-bond acceptors (Lipinski definition) is 7. The van der Waals surface area contributed by atoms with E-state index >= 15 is 0 Å². The molecule has 0 aliphatic rings. The van der Waals surface area contributed by atoms with Crippen LogP contribution in [-0.2, 0) is 25.1 Å². The lowest BCUT2D eigenvalue weighted by Crippen LogP contribution is -2.38. The van der Waals surface area contributed by atoms with Crippen molar-refractivity contribution in [2.24, 2.45) is 5.73 Å². The van der Waals surface area contributed by atoms with Crippen molar-refractivity contribution >= 4 is 15.8 Å². The predicted molar refractivity (Wildman–Crippen MR) is 59.5 cm³/mol. The zero-order valence-corrected chi connectivity index (χ0v) is 10.1. The maximum absolute atomic E-state index is 11.7. The number of carbonyl (C=O) groups is 1. The number of sulfone groups is 1. The number of hydrogen-bond donors (Lipinski definition) is 1. The minimum atomic E-state index is -3.52. The second-order valence-electron chi connectivity index (χ2n) is 3.38. The lowest BCUT2D eigenvalue weighted by Gasteiger charge is -2.09. The van der Waals surface area contributed by atoms with Gasteiger partial charge in [-0.3, -0.25) is 14.8 Å². The normalized spacial score (nSPS) is 13.1. The molecule has 1 aromatic heterocycles. The fourth-order valence-electron chi connectivity index (χ4n) is 1.18. The summed E-state index contributed by atoms with van der Waals surface area (Å²) in [6, 6.07) is -1.18. The van der Waals surface area contributed by atoms with Gasteiger partial charge in [0.05, 0.1) is 24.3 Å². The molecule has 0 fully saturated rings. The molecule has 94 valence electrons. The highest BCUT2D eigenvalue weighted by Crippen LogP contribution is 2.03. The summed E-state index contributed by atoms with van der Waals surface area (Å²) in [5.41, 5.74) is 5.69. The highest BCUT2D eigenvalue weighted by Gasteiger charge is 2.23. The van der Waals surface area contributed by atoms with Crippen LogP contribution < -0.4 is 5.73 Å². The number of aromatic nitrogens is 2. The van der Waals surface area contributed by atoms with Gasteiger partial charge in [0, 0.05) is 18.6 Å². The minimum absolute atomic E-state index is 0.300. The van der Waals surface area contributed by atoms with E-state index in [2.05, 4.69) is 14.7 Å². The summed E-state index contributed by atoms with van der Waals surface area (Å²) in [6.07, 6.45) is 4.18. The minimum Gasteiger partial charge on any atom is -0.468 e. The van der Waals surface area contributed by atoms with Crippen LogP contribution in [0.2, 0.25) is 0 Å². The summed E-state index contributed by atoms with van der Waals surface area (Å²) in [6.45, 7) is 0. The van der Waals surface area contributed by atoms with Crippen LogP contribution in [-0.4, -0.2) is 43.3 Å². The molecular formula is C9H13N3O4S. The third-order valence-corrected chi connectivity index (χ3v) is 3.52. The number of carbonyl (C=O) groups excluding carboxylic acids is 1. The van der Waals surface area contributed by atoms with Gasteiger partial charge in [-0.15, -0.1) is 0 Å². The van der Waals surface area contributed by atoms with Crippen molar-refractivity contribution in [3.8, 4) is 0 Å². The second kappa shape index (κ2) is 5.69. The topological polar surface area (TPSA) is 112 Å². The largest absolute Gasteiger partial charge is 0.468 e. The molecule has 0 aliphatic heterocycles. The van der Waals surface area contributed by atoms with Crippen LogP contribution in [0.3, 0.4) is 0 Å². The molecule has 1 aromatic rings. The number of nitrogens with zero attached hydrogens (tertiary/aromatic N) is 2. The van der Waals surface area contributed by atoms with Gasteiger partial charge < -0.3 is 10.5 Å². The van der Waals surface area contributed by atoms with E-state index in [1.807, 2.05) is 0 Å². The molecular weight excluding hydrogens is 246 g/mol. The maximum atomic E-state index is 11.7. The van der Waals surface area contributed by atoms with E-state index in [4.69, 9.17) is 5.73 Å². The molecule has 0 bridgehead atoms. The second-order valence-corrected chi connectivity index (χ2v) is 5.49. The van der Waals surface area contributed by atoms with Gasteiger partial charge in [0.25, 0.3) is 0 Å². The Bertz CT molecular complexity index is 474. The molecule has 0 radical (unpaired) electrons. The summed E-state index contributed by atoms with van der Waals surface area (Å²) < 4.78 is 27.7. The SMILES string of the molecule is COC(=O)C(N)CS(=O)(=O)Cc1cnccn1. The molecule has 17 heavy (non-hydrogen) atoms. The van der Waals surface area contributed by atoms with Crippen LogP contribution >= 0.6 is 0 Å². The molecule has 0 saturated heterocycles. The number of methoxy groups -OCH3 is 1. The van der Waals surface area contributed by atoms with Gasteiger partial charge in [-0.05, 0) is 0 Å². The lowest BCUT2D eigenvalue weighted by molar-refractivity contribution is -0.141. The van der Waals surface area contributed by atoms with E-state index in [1.54, 1.807) is 0 Å². The first-order valence-corrected chi connectivity index (χ1v) is 6.55. The van der Waals surface area contributed by atoms with Crippen LogP contribution in [0.15, 0.2) is 18.6 Å². The predicted octanol–water partition coefficient (Wildman–Crippen LogP) is -1.11. The van der Waals surface area contributed by atoms with Gasteiger partial charge in [0.1, 0.15) is 6.04 Å². The zero-order valence-electron chi connectivity index (χ0n) is 9.24. The number of esters is 1. The summed E-state index contributed by atoms with van der Waals surface area (Å²) in [4.78, 5) is 18.6. The first kappa shape index (κ1) is 13.5. The van der Waals surface area contributed by atoms with E-state index in [0.717, 1.165) is 7.11 Å². The lowest BCUT2D eigenvalue weighted by atomic mass is 10.4. The molecule has 0 aromatic carbocycles. The first-order chi connectivity index (χ1) is 7.94. The van der Waals surface area contributed by atoms with Gasteiger partial charge in [-0.25, -0.2) is 8.42 Å². The van der Waals surface area contributed by atoms with Crippen molar-refractivity contribution in [2.75, 3.05) is 12.9 Å². The fraction of sp³-hybridized carbons (Fsp3) is 0.444. The average molecular weight is 259 g/mol. The van der Waals surface area contributed by atoms with E-state index in [1.165, 1.54) is 18.6 Å². The van der Waals surface area contributed by atoms with E-state index < -0.39 is 27.6 Å². The third kappa shape index (κ3) is 4.45. The molecule has 0 spiro atoms. The van der Waals surface area contributed by atoms with Crippen molar-refractivity contribution < 1.29 is 17.9 Å². The average Bonchev–Trinajstić information content (AvgIpc) is 2.27. The summed E-state index contributed by atoms with van der Waals surface area (Å²) in [5, 5.41) is 0. The molecule has 0 aliphatic carbocycles. The highest BCUT2D eigenvalue weighted by molar-refractivity contribution is 7.90. The van der Waals surface area contributed by atoms with E-state index in [0.29, 0.717) is 5.69 Å². The quantitative estimate of drug-likeness (QED) is 0.667. The van der Waals surface area contributed by atoms with Crippen molar-refractivity contribution in [3.63, 3.8) is 0 Å². The fourth-order valence-corrected chi connectivity index (χ4v) is 2.58. The standard InChI is InChI=1S/C9H13N3O4S/c1-16-9(13)8(10)6-17(14,15)5-7-4-11-2-3-12-7/h2-4,8H,5-6,10H2,1H3. The molecule has 1 unspecified atom stereocenters. The van der Waals surface area contributed by atoms with E-state index in [-0.39, 0.29) is 5.75 Å². The molecule has 1 heterocycles. The maximum Gasteiger partial charge on any atom is 0.323 e. The van der Waals surface area contributed by atoms with Crippen molar-refractivity contribution in [2.45, 2.75) is 11.8 Å². The first-order valence-electron chi connectivity index (χ1n) is 4.73. The zero-order chi connectivity index (χ0) is 12.9. The Kier molecular flexibility index (Phi) is 4.53. The van der Waals surface area contributed by atoms with Gasteiger partial charge in [0.15, 0.2) is 9.84 Å². The Hall–Kier alpha value is -1.54. The van der Waals surface area contributed by atoms with Crippen molar-refractivity contribution in [3.05, 3.63) is 24.3 Å². The Morgan fingerprint density at radius 3 is 2.76 bits per heavy atom.